The normalized spacial score (nSPS) is 13.9. The highest BCUT2D eigenvalue weighted by Gasteiger charge is 2.29. The summed E-state index contributed by atoms with van der Waals surface area (Å²) in [6, 6.07) is 3.83. The Hall–Kier alpha value is -3.59. The van der Waals surface area contributed by atoms with Gasteiger partial charge in [-0.1, -0.05) is 0 Å². The molecule has 3 heterocycles. The second-order valence-electron chi connectivity index (χ2n) is 8.65. The van der Waals surface area contributed by atoms with E-state index in [2.05, 4.69) is 34.5 Å². The summed E-state index contributed by atoms with van der Waals surface area (Å²) in [7, 11) is 3.24. The number of nitrogens with one attached hydrogen (secondary N) is 1. The van der Waals surface area contributed by atoms with Gasteiger partial charge in [-0.15, -0.1) is 0 Å². The Balaban J connectivity index is 1.51. The first-order chi connectivity index (χ1) is 16.3. The number of hydrogen-bond acceptors (Lipinski definition) is 8. The summed E-state index contributed by atoms with van der Waals surface area (Å²) in [5.41, 5.74) is 5.12. The highest BCUT2D eigenvalue weighted by atomic mass is 16.5. The summed E-state index contributed by atoms with van der Waals surface area (Å²) in [6.45, 7) is 9.82. The number of nitrogens with zero attached hydrogens (tertiary/aromatic N) is 4. The summed E-state index contributed by atoms with van der Waals surface area (Å²) in [5, 5.41) is 3.28. The third-order valence-electron chi connectivity index (χ3n) is 5.89. The van der Waals surface area contributed by atoms with Crippen LogP contribution in [0.4, 0.5) is 11.6 Å². The van der Waals surface area contributed by atoms with E-state index >= 15 is 0 Å². The van der Waals surface area contributed by atoms with Gasteiger partial charge in [0.2, 0.25) is 5.95 Å². The van der Waals surface area contributed by atoms with E-state index in [1.54, 1.807) is 14.2 Å². The predicted molar refractivity (Wildman–Crippen MR) is 129 cm³/mol. The topological polar surface area (TPSA) is 90.7 Å². The van der Waals surface area contributed by atoms with E-state index in [1.807, 2.05) is 36.7 Å². The van der Waals surface area contributed by atoms with Crippen LogP contribution in [0.2, 0.25) is 0 Å². The molecule has 0 atom stereocenters. The van der Waals surface area contributed by atoms with E-state index in [9.17, 15) is 4.79 Å². The van der Waals surface area contributed by atoms with Crippen molar-refractivity contribution in [3.63, 3.8) is 0 Å². The van der Waals surface area contributed by atoms with Crippen LogP contribution in [0.5, 0.6) is 11.5 Å². The molecule has 1 aliphatic heterocycles. The molecule has 1 N–H and O–H groups in total. The lowest BCUT2D eigenvalue weighted by molar-refractivity contribution is -0.155. The van der Waals surface area contributed by atoms with Crippen LogP contribution in [0.3, 0.4) is 0 Å². The number of rotatable bonds is 8. The maximum atomic E-state index is 11.1. The van der Waals surface area contributed by atoms with Crippen molar-refractivity contribution in [1.29, 1.82) is 0 Å². The Labute approximate surface area is 199 Å². The highest BCUT2D eigenvalue weighted by molar-refractivity contribution is 5.66. The molecule has 3 aromatic rings. The molecule has 1 aliphatic rings. The van der Waals surface area contributed by atoms with Crippen molar-refractivity contribution in [2.75, 3.05) is 32.6 Å². The fourth-order valence-electron chi connectivity index (χ4n) is 4.20. The first kappa shape index (κ1) is 23.6. The number of carbonyl (C=O) groups excluding carboxylic acids is 1. The first-order valence-corrected chi connectivity index (χ1v) is 11.2. The Bertz CT molecular complexity index is 1200. The van der Waals surface area contributed by atoms with Crippen molar-refractivity contribution in [3.05, 3.63) is 53.0 Å². The average Bonchev–Trinajstić information content (AvgIpc) is 3.12. The van der Waals surface area contributed by atoms with Crippen LogP contribution in [-0.2, 0) is 16.1 Å². The molecule has 4 rings (SSSR count). The third kappa shape index (κ3) is 4.99. The molecular formula is C25H31N5O4. The fraction of sp³-hybridized carbons (Fsp3) is 0.400. The Morgan fingerprint density at radius 1 is 1.09 bits per heavy atom. The third-order valence-corrected chi connectivity index (χ3v) is 5.89. The maximum Gasteiger partial charge on any atom is 0.302 e. The number of hydrogen-bond donors (Lipinski definition) is 1. The van der Waals surface area contributed by atoms with Gasteiger partial charge >= 0.3 is 5.97 Å². The van der Waals surface area contributed by atoms with Crippen molar-refractivity contribution >= 4 is 17.6 Å². The quantitative estimate of drug-likeness (QED) is 0.504. The maximum absolute atomic E-state index is 11.1. The van der Waals surface area contributed by atoms with E-state index in [0.717, 1.165) is 42.3 Å². The van der Waals surface area contributed by atoms with Gasteiger partial charge in [0.15, 0.2) is 11.5 Å². The van der Waals surface area contributed by atoms with Crippen LogP contribution in [0.1, 0.15) is 29.2 Å². The zero-order chi connectivity index (χ0) is 24.4. The highest BCUT2D eigenvalue weighted by Crippen LogP contribution is 2.34. The Morgan fingerprint density at radius 3 is 2.53 bits per heavy atom. The van der Waals surface area contributed by atoms with Crippen LogP contribution in [-0.4, -0.2) is 58.8 Å². The zero-order valence-electron chi connectivity index (χ0n) is 20.5. The van der Waals surface area contributed by atoms with Gasteiger partial charge < -0.3 is 24.1 Å². The standard InChI is InChI=1S/C25H31N5O4/c1-15-7-20(8-22(32-5)23(15)33-6)27-25-26-9-16(2)24(28-25)30-10-17(3)19(12-30)11-29-13-21(14-29)34-18(4)31/h7-10,12,21H,11,13-14H2,1-6H3,(H,26,27,28). The van der Waals surface area contributed by atoms with Gasteiger partial charge in [-0.25, -0.2) is 4.98 Å². The molecule has 180 valence electrons. The molecule has 0 amide bonds. The molecular weight excluding hydrogens is 434 g/mol. The number of benzene rings is 1. The molecule has 1 fully saturated rings. The van der Waals surface area contributed by atoms with Crippen molar-refractivity contribution < 1.29 is 19.0 Å². The SMILES string of the molecule is COc1cc(Nc2ncc(C)c(-n3cc(C)c(CN4CC(OC(C)=O)C4)c3)n2)cc(C)c1OC. The first-order valence-electron chi connectivity index (χ1n) is 11.2. The molecule has 34 heavy (non-hydrogen) atoms. The van der Waals surface area contributed by atoms with Gasteiger partial charge in [-0.3, -0.25) is 9.69 Å². The van der Waals surface area contributed by atoms with Crippen molar-refractivity contribution in [2.45, 2.75) is 40.3 Å². The molecule has 9 heteroatoms. The molecule has 0 saturated carbocycles. The number of esters is 1. The monoisotopic (exact) mass is 465 g/mol. The number of carbonyl (C=O) groups is 1. The van der Waals surface area contributed by atoms with Crippen molar-refractivity contribution in [3.8, 4) is 17.3 Å². The summed E-state index contributed by atoms with van der Waals surface area (Å²) >= 11 is 0. The molecule has 0 radical (unpaired) electrons. The van der Waals surface area contributed by atoms with Crippen molar-refractivity contribution in [2.24, 2.45) is 0 Å². The van der Waals surface area contributed by atoms with E-state index in [4.69, 9.17) is 19.2 Å². The molecule has 9 nitrogen and oxygen atoms in total. The summed E-state index contributed by atoms with van der Waals surface area (Å²) < 4.78 is 18.2. The van der Waals surface area contributed by atoms with Gasteiger partial charge in [0.05, 0.1) is 14.2 Å². The predicted octanol–water partition coefficient (Wildman–Crippen LogP) is 3.70. The number of aryl methyl sites for hydroxylation is 3. The van der Waals surface area contributed by atoms with Crippen LogP contribution in [0, 0.1) is 20.8 Å². The minimum absolute atomic E-state index is 0.00199. The second kappa shape index (κ2) is 9.72. The molecule has 0 aliphatic carbocycles. The van der Waals surface area contributed by atoms with Crippen LogP contribution < -0.4 is 14.8 Å². The lowest BCUT2D eigenvalue weighted by Crippen LogP contribution is -2.52. The van der Waals surface area contributed by atoms with Crippen LogP contribution >= 0.6 is 0 Å². The van der Waals surface area contributed by atoms with Gasteiger partial charge in [0, 0.05) is 62.5 Å². The van der Waals surface area contributed by atoms with Crippen LogP contribution in [0.15, 0.2) is 30.7 Å². The van der Waals surface area contributed by atoms with Crippen LogP contribution in [0.25, 0.3) is 5.82 Å². The fourth-order valence-corrected chi connectivity index (χ4v) is 4.20. The molecule has 0 bridgehead atoms. The number of aromatic nitrogens is 3. The molecule has 1 aromatic carbocycles. The summed E-state index contributed by atoms with van der Waals surface area (Å²) in [4.78, 5) is 22.6. The Kier molecular flexibility index (Phi) is 6.74. The van der Waals surface area contributed by atoms with E-state index in [0.29, 0.717) is 17.4 Å². The van der Waals surface area contributed by atoms with E-state index in [-0.39, 0.29) is 12.1 Å². The van der Waals surface area contributed by atoms with E-state index < -0.39 is 0 Å². The molecule has 2 aromatic heterocycles. The number of anilines is 2. The molecule has 0 unspecified atom stereocenters. The van der Waals surface area contributed by atoms with Crippen molar-refractivity contribution in [1.82, 2.24) is 19.4 Å². The van der Waals surface area contributed by atoms with E-state index in [1.165, 1.54) is 18.1 Å². The van der Waals surface area contributed by atoms with Gasteiger partial charge in [-0.2, -0.15) is 4.98 Å². The zero-order valence-corrected chi connectivity index (χ0v) is 20.5. The lowest BCUT2D eigenvalue weighted by Gasteiger charge is -2.38. The van der Waals surface area contributed by atoms with Gasteiger partial charge in [-0.05, 0) is 43.5 Å². The lowest BCUT2D eigenvalue weighted by atomic mass is 10.1. The minimum atomic E-state index is -0.223. The number of likely N-dealkylation sites (tertiary alicyclic amines) is 1. The molecule has 0 spiro atoms. The number of methoxy groups -OCH3 is 2. The largest absolute Gasteiger partial charge is 0.493 e. The minimum Gasteiger partial charge on any atom is -0.493 e. The number of ether oxygens (including phenoxy) is 3. The van der Waals surface area contributed by atoms with Gasteiger partial charge in [0.25, 0.3) is 0 Å². The average molecular weight is 466 g/mol. The smallest absolute Gasteiger partial charge is 0.302 e. The van der Waals surface area contributed by atoms with Gasteiger partial charge in [0.1, 0.15) is 11.9 Å². The Morgan fingerprint density at radius 2 is 1.85 bits per heavy atom. The summed E-state index contributed by atoms with van der Waals surface area (Å²) in [5.74, 6) is 2.43. The molecule has 1 saturated heterocycles. The second-order valence-corrected chi connectivity index (χ2v) is 8.65. The summed E-state index contributed by atoms with van der Waals surface area (Å²) in [6.07, 6.45) is 6.00.